The number of nitrogens with zero attached hydrogens (tertiary/aromatic N) is 5. The number of benzene rings is 1. The summed E-state index contributed by atoms with van der Waals surface area (Å²) >= 11 is 1.78. The van der Waals surface area contributed by atoms with Gasteiger partial charge in [0, 0.05) is 30.8 Å². The summed E-state index contributed by atoms with van der Waals surface area (Å²) in [6.07, 6.45) is 5.36. The van der Waals surface area contributed by atoms with Gasteiger partial charge in [-0.2, -0.15) is 0 Å². The zero-order valence-electron chi connectivity index (χ0n) is 16.2. The lowest BCUT2D eigenvalue weighted by atomic mass is 10.1. The van der Waals surface area contributed by atoms with Crippen molar-refractivity contribution in [3.63, 3.8) is 0 Å². The highest BCUT2D eigenvalue weighted by Gasteiger charge is 2.29. The fourth-order valence-corrected chi connectivity index (χ4v) is 5.33. The Balaban J connectivity index is 1.35. The van der Waals surface area contributed by atoms with E-state index in [-0.39, 0.29) is 0 Å². The third-order valence-electron chi connectivity index (χ3n) is 5.86. The quantitative estimate of drug-likeness (QED) is 0.669. The van der Waals surface area contributed by atoms with E-state index in [1.54, 1.807) is 18.4 Å². The fourth-order valence-electron chi connectivity index (χ4n) is 4.29. The van der Waals surface area contributed by atoms with Gasteiger partial charge in [0.2, 0.25) is 5.88 Å². The Bertz CT molecular complexity index is 951. The second kappa shape index (κ2) is 7.64. The van der Waals surface area contributed by atoms with Crippen LogP contribution in [0.4, 0.5) is 5.13 Å². The molecule has 2 aliphatic rings. The molecule has 0 spiro atoms. The van der Waals surface area contributed by atoms with E-state index in [0.717, 1.165) is 35.0 Å². The van der Waals surface area contributed by atoms with Crippen LogP contribution in [0.15, 0.2) is 30.3 Å². The number of hydrogen-bond donors (Lipinski definition) is 0. The number of methoxy groups -OCH3 is 1. The molecule has 3 aromatic rings. The van der Waals surface area contributed by atoms with Crippen molar-refractivity contribution >= 4 is 26.7 Å². The zero-order valence-corrected chi connectivity index (χ0v) is 17.0. The van der Waals surface area contributed by atoms with Crippen LogP contribution < -0.4 is 9.64 Å². The first-order chi connectivity index (χ1) is 13.8. The molecule has 4 heterocycles. The lowest BCUT2D eigenvalue weighted by molar-refractivity contribution is 0.175. The van der Waals surface area contributed by atoms with E-state index in [2.05, 4.69) is 38.2 Å². The first-order valence-corrected chi connectivity index (χ1v) is 10.9. The molecule has 6 nitrogen and oxygen atoms in total. The average Bonchev–Trinajstić information content (AvgIpc) is 3.41. The lowest BCUT2D eigenvalue weighted by Crippen LogP contribution is -2.40. The smallest absolute Gasteiger partial charge is 0.233 e. The molecule has 0 radical (unpaired) electrons. The maximum absolute atomic E-state index is 5.10. The van der Waals surface area contributed by atoms with Crippen LogP contribution in [0.2, 0.25) is 0 Å². The number of likely N-dealkylation sites (tertiary alicyclic amines) is 1. The summed E-state index contributed by atoms with van der Waals surface area (Å²) in [4.78, 5) is 10.1. The molecule has 1 atom stereocenters. The van der Waals surface area contributed by atoms with Crippen molar-refractivity contribution in [2.75, 3.05) is 38.2 Å². The van der Waals surface area contributed by atoms with Gasteiger partial charge >= 0.3 is 0 Å². The summed E-state index contributed by atoms with van der Waals surface area (Å²) in [5.41, 5.74) is 2.97. The first kappa shape index (κ1) is 17.8. The Morgan fingerprint density at radius 3 is 2.71 bits per heavy atom. The average molecular weight is 396 g/mol. The maximum atomic E-state index is 5.10. The van der Waals surface area contributed by atoms with E-state index >= 15 is 0 Å². The molecule has 146 valence electrons. The second-order valence-corrected chi connectivity index (χ2v) is 8.63. The molecule has 0 unspecified atom stereocenters. The largest absolute Gasteiger partial charge is 0.480 e. The van der Waals surface area contributed by atoms with Gasteiger partial charge in [-0.15, -0.1) is 10.2 Å². The van der Waals surface area contributed by atoms with Crippen LogP contribution in [-0.2, 0) is 0 Å². The minimum Gasteiger partial charge on any atom is -0.480 e. The van der Waals surface area contributed by atoms with Gasteiger partial charge in [0.05, 0.1) is 23.0 Å². The number of aromatic nitrogens is 3. The maximum Gasteiger partial charge on any atom is 0.233 e. The van der Waals surface area contributed by atoms with Crippen molar-refractivity contribution in [3.8, 4) is 17.1 Å². The number of ether oxygens (including phenoxy) is 1. The van der Waals surface area contributed by atoms with Gasteiger partial charge in [-0.1, -0.05) is 23.8 Å². The van der Waals surface area contributed by atoms with Crippen LogP contribution >= 0.6 is 11.3 Å². The van der Waals surface area contributed by atoms with Gasteiger partial charge < -0.3 is 9.64 Å². The number of rotatable bonds is 4. The van der Waals surface area contributed by atoms with Gasteiger partial charge in [-0.3, -0.25) is 4.90 Å². The zero-order chi connectivity index (χ0) is 18.9. The van der Waals surface area contributed by atoms with Crippen molar-refractivity contribution in [1.29, 1.82) is 0 Å². The summed E-state index contributed by atoms with van der Waals surface area (Å²) < 4.78 is 6.30. The summed E-state index contributed by atoms with van der Waals surface area (Å²) in [6, 6.07) is 10.8. The third kappa shape index (κ3) is 3.44. The predicted molar refractivity (Wildman–Crippen MR) is 113 cm³/mol. The van der Waals surface area contributed by atoms with Crippen molar-refractivity contribution in [1.82, 2.24) is 20.1 Å². The summed E-state index contributed by atoms with van der Waals surface area (Å²) in [7, 11) is 1.60. The third-order valence-corrected chi connectivity index (χ3v) is 6.94. The molecule has 0 N–H and O–H groups in total. The van der Waals surface area contributed by atoms with Crippen LogP contribution in [0, 0.1) is 0 Å². The van der Waals surface area contributed by atoms with E-state index in [1.807, 2.05) is 12.1 Å². The lowest BCUT2D eigenvalue weighted by Gasteiger charge is -2.32. The molecular weight excluding hydrogens is 370 g/mol. The Morgan fingerprint density at radius 2 is 1.93 bits per heavy atom. The summed E-state index contributed by atoms with van der Waals surface area (Å²) in [6.45, 7) is 4.75. The van der Waals surface area contributed by atoms with Gasteiger partial charge in [-0.25, -0.2) is 4.98 Å². The molecular formula is C21H25N5OS. The van der Waals surface area contributed by atoms with Crippen molar-refractivity contribution in [2.24, 2.45) is 0 Å². The molecule has 2 fully saturated rings. The Morgan fingerprint density at radius 1 is 1.04 bits per heavy atom. The van der Waals surface area contributed by atoms with Gasteiger partial charge in [0.25, 0.3) is 0 Å². The standard InChI is InChI=1S/C21H25N5OS/c1-27-20-8-7-17(23-24-20)15-5-6-18-19(13-15)28-21(22-18)26-12-9-16(14-26)25-10-3-2-4-11-25/h5-8,13,16H,2-4,9-12,14H2,1H3/t16-/m1/s1. The molecule has 0 saturated carbocycles. The number of hydrogen-bond acceptors (Lipinski definition) is 7. The van der Waals surface area contributed by atoms with Crippen molar-refractivity contribution in [2.45, 2.75) is 31.7 Å². The summed E-state index contributed by atoms with van der Waals surface area (Å²) in [5, 5.41) is 9.49. The molecule has 28 heavy (non-hydrogen) atoms. The van der Waals surface area contributed by atoms with E-state index in [1.165, 1.54) is 43.5 Å². The van der Waals surface area contributed by atoms with E-state index in [9.17, 15) is 0 Å². The normalized spacial score (nSPS) is 20.8. The molecule has 5 rings (SSSR count). The Labute approximate surface area is 169 Å². The van der Waals surface area contributed by atoms with Gasteiger partial charge in [0.15, 0.2) is 5.13 Å². The number of piperidine rings is 1. The molecule has 1 aromatic carbocycles. The molecule has 0 bridgehead atoms. The highest BCUT2D eigenvalue weighted by atomic mass is 32.1. The van der Waals surface area contributed by atoms with Gasteiger partial charge in [0.1, 0.15) is 0 Å². The second-order valence-electron chi connectivity index (χ2n) is 7.63. The van der Waals surface area contributed by atoms with Crippen LogP contribution in [0.5, 0.6) is 5.88 Å². The van der Waals surface area contributed by atoms with E-state index in [4.69, 9.17) is 9.72 Å². The van der Waals surface area contributed by atoms with Gasteiger partial charge in [-0.05, 0) is 50.6 Å². The molecule has 7 heteroatoms. The van der Waals surface area contributed by atoms with Crippen molar-refractivity contribution < 1.29 is 4.74 Å². The summed E-state index contributed by atoms with van der Waals surface area (Å²) in [5.74, 6) is 0.530. The number of thiazole rings is 1. The Hall–Kier alpha value is -2.25. The minimum absolute atomic E-state index is 0.530. The number of fused-ring (bicyclic) bond motifs is 1. The molecule has 2 aliphatic heterocycles. The minimum atomic E-state index is 0.530. The molecule has 2 aromatic heterocycles. The van der Waals surface area contributed by atoms with Crippen LogP contribution in [0.1, 0.15) is 25.7 Å². The molecule has 0 amide bonds. The van der Waals surface area contributed by atoms with E-state index < -0.39 is 0 Å². The Kier molecular flexibility index (Phi) is 4.86. The topological polar surface area (TPSA) is 54.4 Å². The first-order valence-electron chi connectivity index (χ1n) is 10.1. The van der Waals surface area contributed by atoms with Crippen LogP contribution in [-0.4, -0.2) is 59.4 Å². The predicted octanol–water partition coefficient (Wildman–Crippen LogP) is 3.83. The molecule has 0 aliphatic carbocycles. The highest BCUT2D eigenvalue weighted by Crippen LogP contribution is 2.34. The molecule has 2 saturated heterocycles. The SMILES string of the molecule is COc1ccc(-c2ccc3nc(N4CC[C@@H](N5CCCCC5)C4)sc3c2)nn1. The highest BCUT2D eigenvalue weighted by molar-refractivity contribution is 7.22. The monoisotopic (exact) mass is 395 g/mol. The van der Waals surface area contributed by atoms with Crippen LogP contribution in [0.25, 0.3) is 21.5 Å². The fraction of sp³-hybridized carbons (Fsp3) is 0.476. The van der Waals surface area contributed by atoms with Crippen molar-refractivity contribution in [3.05, 3.63) is 30.3 Å². The van der Waals surface area contributed by atoms with Crippen LogP contribution in [0.3, 0.4) is 0 Å². The number of anilines is 1. The van der Waals surface area contributed by atoms with E-state index in [0.29, 0.717) is 11.9 Å².